The van der Waals surface area contributed by atoms with Gasteiger partial charge in [-0.05, 0) is 46.7 Å². The molecule has 1 aromatic carbocycles. The minimum Gasteiger partial charge on any atom is -0.504 e. The van der Waals surface area contributed by atoms with Crippen molar-refractivity contribution in [3.63, 3.8) is 0 Å². The Bertz CT molecular complexity index is 948. The minimum atomic E-state index is -0.334. The zero-order valence-electron chi connectivity index (χ0n) is 14.0. The molecule has 1 aliphatic rings. The molecule has 0 aliphatic carbocycles. The summed E-state index contributed by atoms with van der Waals surface area (Å²) in [5.74, 6) is 0.317. The molecule has 0 saturated carbocycles. The quantitative estimate of drug-likeness (QED) is 0.754. The van der Waals surface area contributed by atoms with Crippen LogP contribution in [0.3, 0.4) is 0 Å². The second kappa shape index (κ2) is 6.68. The van der Waals surface area contributed by atoms with Gasteiger partial charge in [-0.2, -0.15) is 16.4 Å². The monoisotopic (exact) mass is 368 g/mol. The van der Waals surface area contributed by atoms with Crippen LogP contribution in [-0.2, 0) is 0 Å². The Morgan fingerprint density at radius 2 is 2.27 bits per heavy atom. The van der Waals surface area contributed by atoms with Gasteiger partial charge in [-0.25, -0.2) is 5.01 Å². The largest absolute Gasteiger partial charge is 0.504 e. The van der Waals surface area contributed by atoms with Crippen molar-refractivity contribution >= 4 is 23.0 Å². The molecule has 2 aromatic heterocycles. The molecule has 26 heavy (non-hydrogen) atoms. The molecule has 0 bridgehead atoms. The topological polar surface area (TPSA) is 75.3 Å². The highest BCUT2D eigenvalue weighted by atomic mass is 32.1. The summed E-state index contributed by atoms with van der Waals surface area (Å²) in [5.41, 5.74) is 2.59. The average molecular weight is 368 g/mol. The number of hydrogen-bond donors (Lipinski definition) is 1. The van der Waals surface area contributed by atoms with Crippen LogP contribution in [-0.4, -0.2) is 28.8 Å². The summed E-state index contributed by atoms with van der Waals surface area (Å²) in [6.07, 6.45) is 2.01. The first-order chi connectivity index (χ1) is 12.7. The van der Waals surface area contributed by atoms with E-state index in [0.717, 1.165) is 16.8 Å². The van der Waals surface area contributed by atoms with Gasteiger partial charge in [-0.15, -0.1) is 0 Å². The molecule has 1 atom stereocenters. The number of furan rings is 1. The summed E-state index contributed by atoms with van der Waals surface area (Å²) in [7, 11) is 1.49. The van der Waals surface area contributed by atoms with Crippen molar-refractivity contribution in [2.45, 2.75) is 12.5 Å². The van der Waals surface area contributed by atoms with E-state index in [2.05, 4.69) is 5.10 Å². The number of phenols is 1. The van der Waals surface area contributed by atoms with Gasteiger partial charge in [0.05, 0.1) is 25.1 Å². The van der Waals surface area contributed by atoms with Gasteiger partial charge in [0.1, 0.15) is 0 Å². The summed E-state index contributed by atoms with van der Waals surface area (Å²) in [4.78, 5) is 12.9. The Morgan fingerprint density at radius 1 is 1.38 bits per heavy atom. The Labute approximate surface area is 153 Å². The number of phenolic OH excluding ortho intramolecular Hbond substituents is 1. The third kappa shape index (κ3) is 2.86. The molecule has 4 rings (SSSR count). The second-order valence-electron chi connectivity index (χ2n) is 5.84. The standard InChI is InChI=1S/C19H16N2O4S/c1-24-17-5-4-12(9-16(17)22)15-10-14(13-6-8-26-11-13)20-21(15)19(23)18-3-2-7-25-18/h2-9,11,15,22H,10H2,1H3/t15-/m0/s1. The van der Waals surface area contributed by atoms with Crippen molar-refractivity contribution in [3.8, 4) is 11.5 Å². The maximum absolute atomic E-state index is 12.9. The van der Waals surface area contributed by atoms with Crippen LogP contribution < -0.4 is 4.74 Å². The number of carbonyl (C=O) groups excluding carboxylic acids is 1. The number of hydrogen-bond acceptors (Lipinski definition) is 6. The molecule has 3 heterocycles. The first kappa shape index (κ1) is 16.4. The Morgan fingerprint density at radius 3 is 2.92 bits per heavy atom. The molecule has 7 heteroatoms. The lowest BCUT2D eigenvalue weighted by atomic mass is 9.99. The summed E-state index contributed by atoms with van der Waals surface area (Å²) in [5, 5.41) is 20.1. The maximum atomic E-state index is 12.9. The fraction of sp³-hybridized carbons (Fsp3) is 0.158. The third-order valence-electron chi connectivity index (χ3n) is 4.29. The van der Waals surface area contributed by atoms with Gasteiger partial charge < -0.3 is 14.3 Å². The van der Waals surface area contributed by atoms with Crippen molar-refractivity contribution in [3.05, 3.63) is 70.3 Å². The molecule has 3 aromatic rings. The fourth-order valence-electron chi connectivity index (χ4n) is 2.99. The highest BCUT2D eigenvalue weighted by Crippen LogP contribution is 2.37. The number of methoxy groups -OCH3 is 1. The number of nitrogens with zero attached hydrogens (tertiary/aromatic N) is 2. The summed E-state index contributed by atoms with van der Waals surface area (Å²) < 4.78 is 10.4. The van der Waals surface area contributed by atoms with Crippen LogP contribution in [0.25, 0.3) is 0 Å². The molecular formula is C19H16N2O4S. The highest BCUT2D eigenvalue weighted by Gasteiger charge is 2.35. The van der Waals surface area contributed by atoms with E-state index in [0.29, 0.717) is 12.2 Å². The number of ether oxygens (including phenoxy) is 1. The van der Waals surface area contributed by atoms with Crippen LogP contribution in [0, 0.1) is 0 Å². The Balaban J connectivity index is 1.72. The molecule has 0 radical (unpaired) electrons. The molecule has 0 saturated heterocycles. The predicted molar refractivity (Wildman–Crippen MR) is 97.8 cm³/mol. The molecular weight excluding hydrogens is 352 g/mol. The molecule has 0 unspecified atom stereocenters. The van der Waals surface area contributed by atoms with E-state index in [-0.39, 0.29) is 23.5 Å². The highest BCUT2D eigenvalue weighted by molar-refractivity contribution is 7.08. The molecule has 1 amide bonds. The van der Waals surface area contributed by atoms with Crippen molar-refractivity contribution < 1.29 is 19.1 Å². The molecule has 1 N–H and O–H groups in total. The SMILES string of the molecule is COc1ccc([C@@H]2CC(c3ccsc3)=NN2C(=O)c2ccco2)cc1O. The Kier molecular flexibility index (Phi) is 4.22. The first-order valence-corrected chi connectivity index (χ1v) is 8.95. The van der Waals surface area contributed by atoms with E-state index in [4.69, 9.17) is 9.15 Å². The second-order valence-corrected chi connectivity index (χ2v) is 6.62. The minimum absolute atomic E-state index is 0.0272. The van der Waals surface area contributed by atoms with E-state index in [1.54, 1.807) is 35.6 Å². The third-order valence-corrected chi connectivity index (χ3v) is 4.98. The van der Waals surface area contributed by atoms with Crippen LogP contribution in [0.4, 0.5) is 0 Å². The summed E-state index contributed by atoms with van der Waals surface area (Å²) >= 11 is 1.58. The van der Waals surface area contributed by atoms with Gasteiger partial charge in [0.2, 0.25) is 0 Å². The number of thiophene rings is 1. The molecule has 6 nitrogen and oxygen atoms in total. The zero-order valence-corrected chi connectivity index (χ0v) is 14.8. The number of benzene rings is 1. The van der Waals surface area contributed by atoms with E-state index < -0.39 is 0 Å². The van der Waals surface area contributed by atoms with Gasteiger partial charge in [0.25, 0.3) is 0 Å². The van der Waals surface area contributed by atoms with Crippen molar-refractivity contribution in [1.82, 2.24) is 5.01 Å². The molecule has 0 spiro atoms. The van der Waals surface area contributed by atoms with Crippen LogP contribution >= 0.6 is 11.3 Å². The van der Waals surface area contributed by atoms with Crippen molar-refractivity contribution in [2.24, 2.45) is 5.10 Å². The predicted octanol–water partition coefficient (Wildman–Crippen LogP) is 4.05. The van der Waals surface area contributed by atoms with Crippen LogP contribution in [0.2, 0.25) is 0 Å². The van der Waals surface area contributed by atoms with Crippen molar-refractivity contribution in [1.29, 1.82) is 0 Å². The van der Waals surface area contributed by atoms with E-state index >= 15 is 0 Å². The van der Waals surface area contributed by atoms with E-state index in [9.17, 15) is 9.90 Å². The number of amides is 1. The van der Waals surface area contributed by atoms with Crippen LogP contribution in [0.5, 0.6) is 11.5 Å². The lowest BCUT2D eigenvalue weighted by Crippen LogP contribution is -2.26. The molecule has 1 aliphatic heterocycles. The lowest BCUT2D eigenvalue weighted by Gasteiger charge is -2.21. The molecule has 132 valence electrons. The number of aromatic hydroxyl groups is 1. The zero-order chi connectivity index (χ0) is 18.1. The smallest absolute Gasteiger partial charge is 0.310 e. The van der Waals surface area contributed by atoms with Gasteiger partial charge in [-0.1, -0.05) is 6.07 Å². The molecule has 0 fully saturated rings. The van der Waals surface area contributed by atoms with Crippen molar-refractivity contribution in [2.75, 3.05) is 7.11 Å². The maximum Gasteiger partial charge on any atom is 0.310 e. The van der Waals surface area contributed by atoms with Crippen LogP contribution in [0.15, 0.2) is 62.9 Å². The van der Waals surface area contributed by atoms with E-state index in [1.807, 2.05) is 22.9 Å². The first-order valence-electron chi connectivity index (χ1n) is 8.01. The van der Waals surface area contributed by atoms with Gasteiger partial charge in [0, 0.05) is 12.0 Å². The fourth-order valence-corrected chi connectivity index (χ4v) is 3.65. The number of rotatable bonds is 4. The van der Waals surface area contributed by atoms with E-state index in [1.165, 1.54) is 18.4 Å². The average Bonchev–Trinajstić information content (AvgIpc) is 3.42. The van der Waals surface area contributed by atoms with Gasteiger partial charge in [0.15, 0.2) is 17.3 Å². The normalized spacial score (nSPS) is 16.6. The number of hydrazone groups is 1. The summed E-state index contributed by atoms with van der Waals surface area (Å²) in [6, 6.07) is 10.1. The van der Waals surface area contributed by atoms with Crippen LogP contribution in [0.1, 0.15) is 34.1 Å². The Hall–Kier alpha value is -3.06. The number of carbonyl (C=O) groups is 1. The summed E-state index contributed by atoms with van der Waals surface area (Å²) in [6.45, 7) is 0. The lowest BCUT2D eigenvalue weighted by molar-refractivity contribution is 0.0678. The van der Waals surface area contributed by atoms with Gasteiger partial charge >= 0.3 is 5.91 Å². The van der Waals surface area contributed by atoms with Gasteiger partial charge in [-0.3, -0.25) is 4.79 Å².